The summed E-state index contributed by atoms with van der Waals surface area (Å²) in [5, 5.41) is 9.50. The number of rotatable bonds is 6. The first kappa shape index (κ1) is 21.2. The average molecular weight is 500 g/mol. The van der Waals surface area contributed by atoms with Gasteiger partial charge in [-0.1, -0.05) is 23.7 Å². The summed E-state index contributed by atoms with van der Waals surface area (Å²) in [7, 11) is -2.69. The highest BCUT2D eigenvalue weighted by atomic mass is 79.9. The summed E-state index contributed by atoms with van der Waals surface area (Å²) in [5.74, 6) is -0.395. The van der Waals surface area contributed by atoms with Gasteiger partial charge in [-0.25, -0.2) is 8.42 Å². The second kappa shape index (κ2) is 8.44. The molecule has 0 unspecified atom stereocenters. The van der Waals surface area contributed by atoms with Crippen LogP contribution in [0.2, 0.25) is 5.02 Å². The summed E-state index contributed by atoms with van der Waals surface area (Å²) in [6.45, 7) is 1.76. The first-order valence-electron chi connectivity index (χ1n) is 8.20. The quantitative estimate of drug-likeness (QED) is 0.470. The van der Waals surface area contributed by atoms with Crippen molar-refractivity contribution in [3.05, 3.63) is 63.3 Å². The summed E-state index contributed by atoms with van der Waals surface area (Å²) in [4.78, 5) is 12.3. The van der Waals surface area contributed by atoms with Crippen LogP contribution in [-0.4, -0.2) is 31.6 Å². The highest BCUT2D eigenvalue weighted by Crippen LogP contribution is 2.31. The number of ether oxygens (including phenoxy) is 1. The molecule has 3 aromatic rings. The van der Waals surface area contributed by atoms with Gasteiger partial charge in [0.25, 0.3) is 15.9 Å². The number of methoxy groups -OCH3 is 1. The number of H-pyrrole nitrogens is 1. The van der Waals surface area contributed by atoms with Crippen LogP contribution < -0.4 is 14.8 Å². The molecule has 3 N–H and O–H groups in total. The van der Waals surface area contributed by atoms with Crippen molar-refractivity contribution in [1.82, 2.24) is 10.2 Å². The molecule has 0 radical (unpaired) electrons. The third-order valence-corrected chi connectivity index (χ3v) is 6.60. The number of hydrogen-bond donors (Lipinski definition) is 3. The molecule has 8 nitrogen and oxygen atoms in total. The van der Waals surface area contributed by atoms with E-state index in [1.54, 1.807) is 25.1 Å². The maximum Gasteiger partial charge on any atom is 0.277 e. The van der Waals surface area contributed by atoms with Crippen LogP contribution >= 0.6 is 27.5 Å². The number of benzene rings is 2. The fourth-order valence-electron chi connectivity index (χ4n) is 2.46. The number of carbonyl (C=O) groups excluding carboxylic acids is 1. The predicted molar refractivity (Wildman–Crippen MR) is 114 cm³/mol. The van der Waals surface area contributed by atoms with Gasteiger partial charge >= 0.3 is 0 Å². The summed E-state index contributed by atoms with van der Waals surface area (Å²) in [6, 6.07) is 10.7. The van der Waals surface area contributed by atoms with E-state index < -0.39 is 15.9 Å². The van der Waals surface area contributed by atoms with Gasteiger partial charge in [0.05, 0.1) is 22.3 Å². The zero-order valence-electron chi connectivity index (χ0n) is 15.3. The van der Waals surface area contributed by atoms with E-state index in [2.05, 4.69) is 36.2 Å². The molecular formula is C18H16BrClN4O4S. The fourth-order valence-corrected chi connectivity index (χ4v) is 4.34. The molecular weight excluding hydrogens is 484 g/mol. The van der Waals surface area contributed by atoms with E-state index in [0.717, 1.165) is 0 Å². The Bertz CT molecular complexity index is 1180. The second-order valence-electron chi connectivity index (χ2n) is 5.92. The highest BCUT2D eigenvalue weighted by molar-refractivity contribution is 9.10. The molecule has 152 valence electrons. The summed E-state index contributed by atoms with van der Waals surface area (Å²) in [5.41, 5.74) is 1.32. The SMILES string of the molecule is COc1ccc(NC(=O)c2n[nH]c(C)c2Br)cc1S(=O)(=O)Nc1ccccc1Cl. The smallest absolute Gasteiger partial charge is 0.277 e. The van der Waals surface area contributed by atoms with Crippen molar-refractivity contribution in [2.45, 2.75) is 11.8 Å². The summed E-state index contributed by atoms with van der Waals surface area (Å²) >= 11 is 9.33. The van der Waals surface area contributed by atoms with Crippen LogP contribution in [0.15, 0.2) is 51.8 Å². The molecule has 11 heteroatoms. The lowest BCUT2D eigenvalue weighted by Gasteiger charge is -2.14. The van der Waals surface area contributed by atoms with Gasteiger partial charge in [-0.05, 0) is 53.2 Å². The Morgan fingerprint density at radius 1 is 1.24 bits per heavy atom. The Hall–Kier alpha value is -2.56. The molecule has 0 saturated carbocycles. The molecule has 0 saturated heterocycles. The van der Waals surface area contributed by atoms with Crippen molar-refractivity contribution >= 4 is 54.8 Å². The summed E-state index contributed by atoms with van der Waals surface area (Å²) < 4.78 is 34.0. The van der Waals surface area contributed by atoms with E-state index >= 15 is 0 Å². The Kier molecular flexibility index (Phi) is 6.15. The van der Waals surface area contributed by atoms with Gasteiger partial charge < -0.3 is 10.1 Å². The van der Waals surface area contributed by atoms with Crippen LogP contribution in [0.5, 0.6) is 5.75 Å². The molecule has 1 amide bonds. The molecule has 2 aromatic carbocycles. The summed E-state index contributed by atoms with van der Waals surface area (Å²) in [6.07, 6.45) is 0. The Morgan fingerprint density at radius 2 is 1.97 bits per heavy atom. The molecule has 0 fully saturated rings. The van der Waals surface area contributed by atoms with Gasteiger partial charge in [-0.2, -0.15) is 5.10 Å². The highest BCUT2D eigenvalue weighted by Gasteiger charge is 2.23. The van der Waals surface area contributed by atoms with Crippen molar-refractivity contribution in [2.24, 2.45) is 0 Å². The Balaban J connectivity index is 1.93. The number of hydrogen-bond acceptors (Lipinski definition) is 5. The molecule has 0 aliphatic carbocycles. The number of aryl methyl sites for hydroxylation is 1. The molecule has 1 heterocycles. The molecule has 0 spiro atoms. The van der Waals surface area contributed by atoms with E-state index in [-0.39, 0.29) is 32.7 Å². The van der Waals surface area contributed by atoms with E-state index in [1.807, 2.05) is 0 Å². The van der Waals surface area contributed by atoms with Gasteiger partial charge in [0.1, 0.15) is 10.6 Å². The van der Waals surface area contributed by atoms with E-state index in [1.165, 1.54) is 31.4 Å². The third-order valence-electron chi connectivity index (χ3n) is 3.92. The lowest BCUT2D eigenvalue weighted by molar-refractivity contribution is 0.102. The first-order valence-corrected chi connectivity index (χ1v) is 10.9. The third kappa shape index (κ3) is 4.55. The molecule has 1 aromatic heterocycles. The molecule has 0 aliphatic rings. The van der Waals surface area contributed by atoms with Crippen molar-refractivity contribution in [1.29, 1.82) is 0 Å². The van der Waals surface area contributed by atoms with Crippen LogP contribution in [-0.2, 0) is 10.0 Å². The number of carbonyl (C=O) groups is 1. The van der Waals surface area contributed by atoms with Crippen LogP contribution in [0, 0.1) is 6.92 Å². The normalized spacial score (nSPS) is 11.2. The van der Waals surface area contributed by atoms with Crippen molar-refractivity contribution in [3.63, 3.8) is 0 Å². The van der Waals surface area contributed by atoms with Gasteiger partial charge in [-0.3, -0.25) is 14.6 Å². The monoisotopic (exact) mass is 498 g/mol. The number of anilines is 2. The number of halogens is 2. The molecule has 0 bridgehead atoms. The predicted octanol–water partition coefficient (Wildman–Crippen LogP) is 4.20. The standard InChI is InChI=1S/C18H16BrClN4O4S/c1-10-16(19)17(23-22-10)18(25)21-11-7-8-14(28-2)15(9-11)29(26,27)24-13-6-4-3-5-12(13)20/h3-9,24H,1-2H3,(H,21,25)(H,22,23). The van der Waals surface area contributed by atoms with E-state index in [4.69, 9.17) is 16.3 Å². The maximum atomic E-state index is 12.9. The number of aromatic amines is 1. The van der Waals surface area contributed by atoms with Crippen LogP contribution in [0.4, 0.5) is 11.4 Å². The fraction of sp³-hybridized carbons (Fsp3) is 0.111. The van der Waals surface area contributed by atoms with Crippen molar-refractivity contribution in [3.8, 4) is 5.75 Å². The van der Waals surface area contributed by atoms with Gasteiger partial charge in [0, 0.05) is 11.4 Å². The number of nitrogens with one attached hydrogen (secondary N) is 3. The minimum absolute atomic E-state index is 0.111. The second-order valence-corrected chi connectivity index (χ2v) is 8.77. The van der Waals surface area contributed by atoms with Crippen LogP contribution in [0.1, 0.15) is 16.2 Å². The molecule has 29 heavy (non-hydrogen) atoms. The number of sulfonamides is 1. The van der Waals surface area contributed by atoms with E-state index in [9.17, 15) is 13.2 Å². The number of para-hydroxylation sites is 1. The Labute approximate surface area is 180 Å². The van der Waals surface area contributed by atoms with Crippen LogP contribution in [0.25, 0.3) is 0 Å². The average Bonchev–Trinajstić information content (AvgIpc) is 3.02. The van der Waals surface area contributed by atoms with Crippen molar-refractivity contribution < 1.29 is 17.9 Å². The van der Waals surface area contributed by atoms with Gasteiger partial charge in [-0.15, -0.1) is 0 Å². The molecule has 0 atom stereocenters. The molecule has 0 aliphatic heterocycles. The topological polar surface area (TPSA) is 113 Å². The number of aromatic nitrogens is 2. The first-order chi connectivity index (χ1) is 13.7. The number of amides is 1. The maximum absolute atomic E-state index is 12.9. The Morgan fingerprint density at radius 3 is 2.59 bits per heavy atom. The van der Waals surface area contributed by atoms with Gasteiger partial charge in [0.2, 0.25) is 0 Å². The number of nitrogens with zero attached hydrogens (tertiary/aromatic N) is 1. The lowest BCUT2D eigenvalue weighted by Crippen LogP contribution is -2.16. The lowest BCUT2D eigenvalue weighted by atomic mass is 10.3. The van der Waals surface area contributed by atoms with Gasteiger partial charge in [0.15, 0.2) is 5.69 Å². The van der Waals surface area contributed by atoms with E-state index in [0.29, 0.717) is 10.2 Å². The minimum atomic E-state index is -4.05. The molecule has 3 rings (SSSR count). The van der Waals surface area contributed by atoms with Crippen molar-refractivity contribution in [2.75, 3.05) is 17.1 Å². The zero-order chi connectivity index (χ0) is 21.2. The van der Waals surface area contributed by atoms with Crippen LogP contribution in [0.3, 0.4) is 0 Å². The largest absolute Gasteiger partial charge is 0.495 e. The zero-order valence-corrected chi connectivity index (χ0v) is 18.4. The minimum Gasteiger partial charge on any atom is -0.495 e.